The van der Waals surface area contributed by atoms with Crippen molar-refractivity contribution in [2.24, 2.45) is 0 Å². The fourth-order valence-corrected chi connectivity index (χ4v) is 2.49. The molecule has 0 aromatic heterocycles. The second-order valence-corrected chi connectivity index (χ2v) is 6.01. The fourth-order valence-electron chi connectivity index (χ4n) is 2.11. The molecule has 132 valence electrons. The predicted molar refractivity (Wildman–Crippen MR) is 100 cm³/mol. The first kappa shape index (κ1) is 19.2. The molecule has 0 aliphatic rings. The maximum absolute atomic E-state index is 12.4. The molecule has 1 amide bonds. The zero-order valence-electron chi connectivity index (χ0n) is 13.8. The molecule has 0 radical (unpaired) electrons. The van der Waals surface area contributed by atoms with Crippen molar-refractivity contribution in [1.29, 1.82) is 5.26 Å². The lowest BCUT2D eigenvalue weighted by Gasteiger charge is -2.10. The second kappa shape index (κ2) is 8.83. The van der Waals surface area contributed by atoms with Gasteiger partial charge in [-0.05, 0) is 43.3 Å². The molecule has 0 atom stereocenters. The molecule has 0 saturated heterocycles. The van der Waals surface area contributed by atoms with Crippen LogP contribution in [-0.2, 0) is 9.53 Å². The molecule has 0 unspecified atom stereocenters. The average Bonchev–Trinajstić information content (AvgIpc) is 2.63. The van der Waals surface area contributed by atoms with Crippen molar-refractivity contribution in [2.45, 2.75) is 6.92 Å². The summed E-state index contributed by atoms with van der Waals surface area (Å²) in [7, 11) is 0. The van der Waals surface area contributed by atoms with Crippen molar-refractivity contribution >= 4 is 39.6 Å². The predicted octanol–water partition coefficient (Wildman–Crippen LogP) is 3.88. The van der Waals surface area contributed by atoms with E-state index in [4.69, 9.17) is 4.74 Å². The number of nitrogens with zero attached hydrogens (tertiary/aromatic N) is 1. The number of esters is 1. The maximum atomic E-state index is 12.4. The molecule has 2 aromatic carbocycles. The molecule has 2 aromatic rings. The smallest absolute Gasteiger partial charge is 0.340 e. The lowest BCUT2D eigenvalue weighted by molar-refractivity contribution is -0.112. The van der Waals surface area contributed by atoms with E-state index in [1.54, 1.807) is 37.3 Å². The SMILES string of the molecule is CCOC(=O)c1ccccc1NC(=O)/C(C#N)=C/c1cc(Br)ccc1O. The van der Waals surface area contributed by atoms with E-state index in [-0.39, 0.29) is 29.2 Å². The highest BCUT2D eigenvalue weighted by Crippen LogP contribution is 2.25. The van der Waals surface area contributed by atoms with Gasteiger partial charge in [-0.15, -0.1) is 0 Å². The Hall–Kier alpha value is -3.11. The first-order valence-corrected chi connectivity index (χ1v) is 8.43. The van der Waals surface area contributed by atoms with E-state index in [1.165, 1.54) is 24.3 Å². The number of nitrogens with one attached hydrogen (secondary N) is 1. The fraction of sp³-hybridized carbons (Fsp3) is 0.105. The molecule has 2 N–H and O–H groups in total. The van der Waals surface area contributed by atoms with Gasteiger partial charge in [0.15, 0.2) is 0 Å². The van der Waals surface area contributed by atoms with Crippen LogP contribution < -0.4 is 5.32 Å². The number of halogens is 1. The minimum atomic E-state index is -0.705. The number of aromatic hydroxyl groups is 1. The van der Waals surface area contributed by atoms with Gasteiger partial charge < -0.3 is 15.2 Å². The van der Waals surface area contributed by atoms with Gasteiger partial charge >= 0.3 is 5.97 Å². The summed E-state index contributed by atoms with van der Waals surface area (Å²) >= 11 is 3.26. The Bertz CT molecular complexity index is 916. The van der Waals surface area contributed by atoms with Crippen LogP contribution in [0.25, 0.3) is 6.08 Å². The van der Waals surface area contributed by atoms with Gasteiger partial charge in [0, 0.05) is 10.0 Å². The van der Waals surface area contributed by atoms with Crippen molar-refractivity contribution in [3.05, 3.63) is 63.6 Å². The number of phenols is 1. The summed E-state index contributed by atoms with van der Waals surface area (Å²) in [6.45, 7) is 1.88. The zero-order chi connectivity index (χ0) is 19.1. The number of phenolic OH excluding ortho intramolecular Hbond substituents is 1. The van der Waals surface area contributed by atoms with Gasteiger partial charge in [-0.25, -0.2) is 4.79 Å². The lowest BCUT2D eigenvalue weighted by atomic mass is 10.1. The standard InChI is InChI=1S/C19H15BrN2O4/c1-2-26-19(25)15-5-3-4-6-16(15)22-18(24)13(11-21)9-12-10-14(20)7-8-17(12)23/h3-10,23H,2H2,1H3,(H,22,24)/b13-9+. The molecule has 0 saturated carbocycles. The third-order valence-corrected chi connectivity index (χ3v) is 3.82. The lowest BCUT2D eigenvalue weighted by Crippen LogP contribution is -2.17. The van der Waals surface area contributed by atoms with Crippen LogP contribution in [0.4, 0.5) is 5.69 Å². The van der Waals surface area contributed by atoms with Crippen LogP contribution >= 0.6 is 15.9 Å². The Morgan fingerprint density at radius 3 is 2.73 bits per heavy atom. The number of rotatable bonds is 5. The van der Waals surface area contributed by atoms with Crippen molar-refractivity contribution in [3.63, 3.8) is 0 Å². The first-order chi connectivity index (χ1) is 12.5. The van der Waals surface area contributed by atoms with E-state index in [0.717, 1.165) is 0 Å². The number of anilines is 1. The number of hydrogen-bond donors (Lipinski definition) is 2. The normalized spacial score (nSPS) is 10.7. The van der Waals surface area contributed by atoms with Crippen LogP contribution in [0.5, 0.6) is 5.75 Å². The Morgan fingerprint density at radius 2 is 2.04 bits per heavy atom. The molecular weight excluding hydrogens is 400 g/mol. The summed E-state index contributed by atoms with van der Waals surface area (Å²) in [5, 5.41) is 21.7. The quantitative estimate of drug-likeness (QED) is 0.439. The number of ether oxygens (including phenoxy) is 1. The molecule has 0 spiro atoms. The largest absolute Gasteiger partial charge is 0.507 e. The minimum absolute atomic E-state index is 0.0688. The monoisotopic (exact) mass is 414 g/mol. The molecule has 0 heterocycles. The van der Waals surface area contributed by atoms with Gasteiger partial charge in [0.25, 0.3) is 5.91 Å². The topological polar surface area (TPSA) is 99.4 Å². The molecule has 0 aliphatic carbocycles. The van der Waals surface area contributed by atoms with Gasteiger partial charge in [0.05, 0.1) is 17.9 Å². The summed E-state index contributed by atoms with van der Waals surface area (Å²) in [6, 6.07) is 12.8. The first-order valence-electron chi connectivity index (χ1n) is 7.64. The van der Waals surface area contributed by atoms with E-state index < -0.39 is 11.9 Å². The highest BCUT2D eigenvalue weighted by atomic mass is 79.9. The minimum Gasteiger partial charge on any atom is -0.507 e. The van der Waals surface area contributed by atoms with E-state index in [1.807, 2.05) is 0 Å². The van der Waals surface area contributed by atoms with E-state index in [9.17, 15) is 20.0 Å². The maximum Gasteiger partial charge on any atom is 0.340 e. The van der Waals surface area contributed by atoms with Crippen LogP contribution in [-0.4, -0.2) is 23.6 Å². The van der Waals surface area contributed by atoms with Gasteiger partial charge in [-0.2, -0.15) is 5.26 Å². The Morgan fingerprint density at radius 1 is 1.31 bits per heavy atom. The summed E-state index contributed by atoms with van der Waals surface area (Å²) in [4.78, 5) is 24.4. The van der Waals surface area contributed by atoms with Gasteiger partial charge in [0.1, 0.15) is 17.4 Å². The number of nitriles is 1. The molecule has 0 aliphatic heterocycles. The van der Waals surface area contributed by atoms with Crippen molar-refractivity contribution < 1.29 is 19.4 Å². The highest BCUT2D eigenvalue weighted by molar-refractivity contribution is 9.10. The Balaban J connectivity index is 2.31. The number of amides is 1. The summed E-state index contributed by atoms with van der Waals surface area (Å²) in [6.07, 6.45) is 1.27. The molecule has 0 fully saturated rings. The number of carbonyl (C=O) groups is 2. The zero-order valence-corrected chi connectivity index (χ0v) is 15.4. The van der Waals surface area contributed by atoms with Gasteiger partial charge in [0.2, 0.25) is 0 Å². The summed E-state index contributed by atoms with van der Waals surface area (Å²) in [5.74, 6) is -1.35. The summed E-state index contributed by atoms with van der Waals surface area (Å²) in [5.41, 5.74) is 0.502. The molecule has 0 bridgehead atoms. The molecule has 7 heteroatoms. The number of carbonyl (C=O) groups excluding carboxylic acids is 2. The Labute approximate surface area is 158 Å². The summed E-state index contributed by atoms with van der Waals surface area (Å²) < 4.78 is 5.64. The van der Waals surface area contributed by atoms with Crippen molar-refractivity contribution in [3.8, 4) is 11.8 Å². The molecular formula is C19H15BrN2O4. The van der Waals surface area contributed by atoms with Crippen LogP contribution in [0.3, 0.4) is 0 Å². The van der Waals surface area contributed by atoms with E-state index in [0.29, 0.717) is 10.0 Å². The average molecular weight is 415 g/mol. The molecule has 2 rings (SSSR count). The third-order valence-electron chi connectivity index (χ3n) is 3.33. The second-order valence-electron chi connectivity index (χ2n) is 5.09. The Kier molecular flexibility index (Phi) is 6.53. The van der Waals surface area contributed by atoms with Crippen LogP contribution in [0.1, 0.15) is 22.8 Å². The van der Waals surface area contributed by atoms with Crippen molar-refractivity contribution in [1.82, 2.24) is 0 Å². The number of benzene rings is 2. The van der Waals surface area contributed by atoms with Crippen LogP contribution in [0.15, 0.2) is 52.5 Å². The van der Waals surface area contributed by atoms with Gasteiger partial charge in [-0.1, -0.05) is 28.1 Å². The van der Waals surface area contributed by atoms with Gasteiger partial charge in [-0.3, -0.25) is 4.79 Å². The van der Waals surface area contributed by atoms with Crippen LogP contribution in [0, 0.1) is 11.3 Å². The third kappa shape index (κ3) is 4.71. The molecule has 26 heavy (non-hydrogen) atoms. The van der Waals surface area contributed by atoms with E-state index in [2.05, 4.69) is 21.2 Å². The van der Waals surface area contributed by atoms with Crippen molar-refractivity contribution in [2.75, 3.05) is 11.9 Å². The highest BCUT2D eigenvalue weighted by Gasteiger charge is 2.16. The van der Waals surface area contributed by atoms with Crippen LogP contribution in [0.2, 0.25) is 0 Å². The van der Waals surface area contributed by atoms with E-state index >= 15 is 0 Å². The number of hydrogen-bond acceptors (Lipinski definition) is 5. The molecule has 6 nitrogen and oxygen atoms in total. The number of para-hydroxylation sites is 1.